The van der Waals surface area contributed by atoms with E-state index in [4.69, 9.17) is 29.1 Å². The third kappa shape index (κ3) is 7.32. The van der Waals surface area contributed by atoms with Crippen LogP contribution in [0.2, 0.25) is 0 Å². The Hall–Kier alpha value is -7.19. The number of H-pyrrole nitrogens is 1. The zero-order valence-electron chi connectivity index (χ0n) is 39.5. The first-order valence-electron chi connectivity index (χ1n) is 23.6. The summed E-state index contributed by atoms with van der Waals surface area (Å²) in [5.41, 5.74) is -1.61. The quantitative estimate of drug-likeness (QED) is 0.0496. The number of esters is 1. The van der Waals surface area contributed by atoms with E-state index >= 15 is 4.79 Å². The van der Waals surface area contributed by atoms with Crippen molar-refractivity contribution in [3.05, 3.63) is 104 Å². The molecule has 1 aliphatic carbocycles. The molecule has 0 radical (unpaired) electrons. The number of aromatic nitrogens is 1. The van der Waals surface area contributed by atoms with E-state index < -0.39 is 131 Å². The normalized spacial score (nSPS) is 33.1. The number of ether oxygens (including phenoxy) is 4. The first-order valence-corrected chi connectivity index (χ1v) is 23.6. The monoisotopic (exact) mass is 1020 g/mol. The molecule has 388 valence electrons. The number of dihydropyridines is 1. The molecule has 2 fully saturated rings. The first-order chi connectivity index (χ1) is 35.2. The molecule has 12 atom stereocenters. The highest BCUT2D eigenvalue weighted by Gasteiger charge is 2.75. The average molecular weight is 1020 g/mol. The number of carboxylic acid groups (broad SMARTS) is 1. The number of aliphatic carboxylic acids is 1. The van der Waals surface area contributed by atoms with Crippen molar-refractivity contribution < 1.29 is 89.1 Å². The number of hydrogen-bond donors (Lipinski definition) is 14. The molecule has 0 saturated carbocycles. The minimum Gasteiger partial charge on any atom is -0.507 e. The van der Waals surface area contributed by atoms with Gasteiger partial charge in [0.2, 0.25) is 11.9 Å². The molecule has 0 amide bonds. The van der Waals surface area contributed by atoms with Crippen molar-refractivity contribution in [2.24, 2.45) is 5.73 Å². The van der Waals surface area contributed by atoms with Crippen molar-refractivity contribution in [3.63, 3.8) is 0 Å². The van der Waals surface area contributed by atoms with E-state index in [1.54, 1.807) is 18.3 Å². The molecule has 2 spiro atoms. The number of aliphatic hydroxyl groups excluding tert-OH is 6. The van der Waals surface area contributed by atoms with Crippen LogP contribution in [0.25, 0.3) is 22.3 Å². The largest absolute Gasteiger partial charge is 0.507 e. The Morgan fingerprint density at radius 1 is 0.946 bits per heavy atom. The van der Waals surface area contributed by atoms with Gasteiger partial charge >= 0.3 is 11.9 Å². The Kier molecular flexibility index (Phi) is 12.3. The Morgan fingerprint density at radius 3 is 2.43 bits per heavy atom. The Labute approximate surface area is 419 Å². The molecule has 2 saturated heterocycles. The maximum atomic E-state index is 15.3. The number of aliphatic hydroxyl groups is 7. The van der Waals surface area contributed by atoms with E-state index in [2.05, 4.69) is 34.0 Å². The Morgan fingerprint density at radius 2 is 1.72 bits per heavy atom. The van der Waals surface area contributed by atoms with Crippen LogP contribution in [0.15, 0.2) is 80.3 Å². The number of fused-ring (bicyclic) bond motifs is 6. The van der Waals surface area contributed by atoms with Gasteiger partial charge in [-0.1, -0.05) is 49.7 Å². The van der Waals surface area contributed by atoms with Gasteiger partial charge in [-0.05, 0) is 48.6 Å². The van der Waals surface area contributed by atoms with Crippen molar-refractivity contribution in [1.29, 1.82) is 0 Å². The van der Waals surface area contributed by atoms with Crippen LogP contribution >= 0.6 is 0 Å². The second-order valence-corrected chi connectivity index (χ2v) is 19.0. The van der Waals surface area contributed by atoms with Gasteiger partial charge in [0.05, 0.1) is 12.6 Å². The number of phenolic OH excluding ortho intramolecular Hbond substituents is 3. The van der Waals surface area contributed by atoms with E-state index in [0.717, 1.165) is 12.1 Å². The number of rotatable bonds is 7. The molecule has 11 rings (SSSR count). The van der Waals surface area contributed by atoms with Gasteiger partial charge < -0.3 is 95.6 Å². The lowest BCUT2D eigenvalue weighted by Crippen LogP contribution is -2.80. The number of carboxylic acids is 1. The summed E-state index contributed by atoms with van der Waals surface area (Å²) in [6.07, 6.45) is -12.1. The first kappa shape index (κ1) is 50.3. The van der Waals surface area contributed by atoms with Crippen molar-refractivity contribution >= 4 is 22.9 Å². The van der Waals surface area contributed by atoms with Gasteiger partial charge in [-0.15, -0.1) is 0 Å². The number of benzene rings is 2. The van der Waals surface area contributed by atoms with Gasteiger partial charge in [-0.25, -0.2) is 9.59 Å². The van der Waals surface area contributed by atoms with Crippen LogP contribution in [-0.2, 0) is 36.6 Å². The summed E-state index contributed by atoms with van der Waals surface area (Å²) in [5, 5.41) is 129. The number of nitrogens with two attached hydrogens (primary N) is 1. The number of nitrogens with one attached hydrogen (secondary N) is 2. The molecule has 22 heteroatoms. The maximum Gasteiger partial charge on any atom is 0.351 e. The SMILES string of the molecule is CCC1=CC([C@@H]2C=C3Cc4[nH]ccc4C#CC[C@]4(O)[C@H](O)[C@@H](O)[C@@]3(Oc3cc5oc(-c6cc(O)c(O)c(CCO)c6)cc(=O)c5c(O)c32)O[C@@]42CC#C[C@]3(C(=O)O)O[C@H](OC2=O)[C@H](O)[C@@H](O)[C@@H]3O)=C(CC)NC1N. The minimum absolute atomic E-state index is 0.0593. The van der Waals surface area contributed by atoms with Crippen molar-refractivity contribution in [1.82, 2.24) is 10.3 Å². The fourth-order valence-corrected chi connectivity index (χ4v) is 10.8. The zero-order valence-corrected chi connectivity index (χ0v) is 39.5. The lowest BCUT2D eigenvalue weighted by atomic mass is 9.67. The van der Waals surface area contributed by atoms with E-state index in [1.165, 1.54) is 18.2 Å². The molecule has 74 heavy (non-hydrogen) atoms. The van der Waals surface area contributed by atoms with Crippen molar-refractivity contribution in [2.75, 3.05) is 6.61 Å². The second kappa shape index (κ2) is 18.0. The molecule has 6 aliphatic heterocycles. The third-order valence-electron chi connectivity index (χ3n) is 14.9. The molecular formula is C52H51N3O19. The van der Waals surface area contributed by atoms with Crippen LogP contribution in [0.4, 0.5) is 0 Å². The van der Waals surface area contributed by atoms with Gasteiger partial charge in [0.25, 0.3) is 11.4 Å². The number of carbonyl (C=O) groups excluding carboxylic acids is 1. The number of allylic oxidation sites excluding steroid dienone is 4. The lowest BCUT2D eigenvalue weighted by molar-refractivity contribution is -0.378. The third-order valence-corrected chi connectivity index (χ3v) is 14.9. The predicted octanol–water partition coefficient (Wildman–Crippen LogP) is -0.141. The second-order valence-electron chi connectivity index (χ2n) is 19.0. The summed E-state index contributed by atoms with van der Waals surface area (Å²) in [4.78, 5) is 45.7. The number of aromatic amines is 1. The average Bonchev–Trinajstić information content (AvgIpc) is 3.77. The molecule has 7 aliphatic rings. The fraction of sp³-hybridized carbons (Fsp3) is 0.404. The van der Waals surface area contributed by atoms with Gasteiger partial charge in [-0.2, -0.15) is 0 Å². The Balaban J connectivity index is 1.29. The van der Waals surface area contributed by atoms with Gasteiger partial charge in [0, 0.05) is 82.9 Å². The fourth-order valence-electron chi connectivity index (χ4n) is 10.8. The van der Waals surface area contributed by atoms with Crippen LogP contribution in [0.5, 0.6) is 23.0 Å². The van der Waals surface area contributed by atoms with E-state index in [9.17, 15) is 65.8 Å². The van der Waals surface area contributed by atoms with Crippen LogP contribution < -0.4 is 21.2 Å². The summed E-state index contributed by atoms with van der Waals surface area (Å²) in [6.45, 7) is 3.29. The number of carbonyl (C=O) groups is 2. The van der Waals surface area contributed by atoms with Gasteiger partial charge in [0.1, 0.15) is 58.2 Å². The molecule has 4 bridgehead atoms. The van der Waals surface area contributed by atoms with E-state index in [-0.39, 0.29) is 51.8 Å². The molecule has 8 heterocycles. The minimum atomic E-state index is -3.16. The number of phenols is 3. The standard InChI is InChI=1S/C52H51N3O19/c1-3-22-16-27(29(4-2)55-45(22)53)28-18-26-19-30-23(8-13-54-30)7-5-11-50(69)43(64)44(65)52(26,74-51(50)12-6-10-49(47(66)67)42(63)40(61)41(62)46(73-49)71-48(51)68)72-35-21-34-37(39(60)36(28)35)31(57)20-33(70-34)25-15-24(9-14-56)38(59)32(58)17-25/h8,13,15-18,20-21,28,40-46,54-56,58-65,69H,3-4,9,11-12,14,19,53H2,1-2H3,(H,66,67)/t28-,40+,41+,42-,43+,44+,45?,46-,49-,50-,51+,52-/m0/s1. The summed E-state index contributed by atoms with van der Waals surface area (Å²) in [7, 11) is 0. The van der Waals surface area contributed by atoms with Crippen molar-refractivity contribution in [3.8, 4) is 58.0 Å². The summed E-state index contributed by atoms with van der Waals surface area (Å²) < 4.78 is 31.2. The molecule has 1 unspecified atom stereocenters. The topological polar surface area (TPSA) is 378 Å². The summed E-state index contributed by atoms with van der Waals surface area (Å²) >= 11 is 0. The highest BCUT2D eigenvalue weighted by Crippen LogP contribution is 2.57. The predicted molar refractivity (Wildman–Crippen MR) is 253 cm³/mol. The summed E-state index contributed by atoms with van der Waals surface area (Å²) in [6, 6.07) is 6.29. The van der Waals surface area contributed by atoms with Crippen molar-refractivity contribution in [2.45, 2.75) is 124 Å². The van der Waals surface area contributed by atoms with E-state index in [0.29, 0.717) is 40.9 Å². The zero-order chi connectivity index (χ0) is 53.0. The maximum absolute atomic E-state index is 15.3. The van der Waals surface area contributed by atoms with E-state index in [1.807, 2.05) is 13.8 Å². The van der Waals surface area contributed by atoms with Crippen LogP contribution in [-0.4, -0.2) is 145 Å². The highest BCUT2D eigenvalue weighted by atomic mass is 16.8. The number of aromatic hydroxyl groups is 3. The van der Waals surface area contributed by atoms with Crippen LogP contribution in [0.3, 0.4) is 0 Å². The lowest BCUT2D eigenvalue weighted by Gasteiger charge is -2.57. The van der Waals surface area contributed by atoms with Gasteiger partial charge in [-0.3, -0.25) is 4.79 Å². The summed E-state index contributed by atoms with van der Waals surface area (Å²) in [5.74, 6) is 0.0270. The Bertz CT molecular complexity index is 3340. The molecule has 2 aromatic carbocycles. The van der Waals surface area contributed by atoms with Crippen LogP contribution in [0.1, 0.15) is 67.8 Å². The molecule has 2 aromatic heterocycles. The molecule has 22 nitrogen and oxygen atoms in total. The molecule has 4 aromatic rings. The molecular weight excluding hydrogens is 971 g/mol. The van der Waals surface area contributed by atoms with Gasteiger partial charge in [0.15, 0.2) is 23.0 Å². The molecule has 15 N–H and O–H groups in total. The highest BCUT2D eigenvalue weighted by molar-refractivity contribution is 5.90. The smallest absolute Gasteiger partial charge is 0.351 e. The van der Waals surface area contributed by atoms with Crippen LogP contribution in [0, 0.1) is 23.7 Å². The number of hydrogen-bond acceptors (Lipinski definition) is 20.